The SMILES string of the molecule is NCCC(=O)c1cccc(F)c1N. The van der Waals surface area contributed by atoms with Crippen molar-refractivity contribution in [1.29, 1.82) is 0 Å². The fraction of sp³-hybridized carbons (Fsp3) is 0.222. The quantitative estimate of drug-likeness (QED) is 0.540. The van der Waals surface area contributed by atoms with Crippen molar-refractivity contribution in [1.82, 2.24) is 0 Å². The van der Waals surface area contributed by atoms with E-state index in [1.54, 1.807) is 0 Å². The zero-order chi connectivity index (χ0) is 9.84. The van der Waals surface area contributed by atoms with Gasteiger partial charge in [0.05, 0.1) is 5.69 Å². The molecular formula is C9H11FN2O. The Morgan fingerprint density at radius 2 is 2.15 bits per heavy atom. The molecule has 0 heterocycles. The van der Waals surface area contributed by atoms with E-state index in [4.69, 9.17) is 11.5 Å². The summed E-state index contributed by atoms with van der Waals surface area (Å²) in [6, 6.07) is 4.17. The molecule has 0 unspecified atom stereocenters. The van der Waals surface area contributed by atoms with Crippen LogP contribution in [0.5, 0.6) is 0 Å². The van der Waals surface area contributed by atoms with Gasteiger partial charge in [0.1, 0.15) is 5.82 Å². The summed E-state index contributed by atoms with van der Waals surface area (Å²) < 4.78 is 12.9. The number of hydrogen-bond donors (Lipinski definition) is 2. The standard InChI is InChI=1S/C9H11FN2O/c10-7-3-1-2-6(9(7)12)8(13)4-5-11/h1-3H,4-5,11-12H2. The number of halogens is 1. The molecule has 13 heavy (non-hydrogen) atoms. The average Bonchev–Trinajstić information content (AvgIpc) is 2.10. The molecule has 1 aromatic carbocycles. The second-order valence-corrected chi connectivity index (χ2v) is 2.66. The third kappa shape index (κ3) is 2.03. The second kappa shape index (κ2) is 4.00. The maximum Gasteiger partial charge on any atom is 0.166 e. The van der Waals surface area contributed by atoms with E-state index in [9.17, 15) is 9.18 Å². The van der Waals surface area contributed by atoms with Crippen LogP contribution in [-0.2, 0) is 0 Å². The first-order valence-corrected chi connectivity index (χ1v) is 3.94. The Bertz CT molecular complexity index is 325. The lowest BCUT2D eigenvalue weighted by atomic mass is 10.1. The van der Waals surface area contributed by atoms with Gasteiger partial charge in [0, 0.05) is 12.0 Å². The minimum atomic E-state index is -0.567. The summed E-state index contributed by atoms with van der Waals surface area (Å²) in [7, 11) is 0. The number of ketones is 1. The summed E-state index contributed by atoms with van der Waals surface area (Å²) in [6.07, 6.45) is 0.188. The minimum Gasteiger partial charge on any atom is -0.396 e. The van der Waals surface area contributed by atoms with Gasteiger partial charge >= 0.3 is 0 Å². The van der Waals surface area contributed by atoms with Crippen LogP contribution >= 0.6 is 0 Å². The van der Waals surface area contributed by atoms with Crippen LogP contribution in [0.2, 0.25) is 0 Å². The number of rotatable bonds is 3. The Balaban J connectivity index is 3.01. The maximum atomic E-state index is 12.9. The molecule has 0 aliphatic heterocycles. The van der Waals surface area contributed by atoms with Gasteiger partial charge in [-0.3, -0.25) is 4.79 Å². The van der Waals surface area contributed by atoms with Crippen molar-refractivity contribution in [2.24, 2.45) is 5.73 Å². The van der Waals surface area contributed by atoms with Crippen molar-refractivity contribution in [2.75, 3.05) is 12.3 Å². The Morgan fingerprint density at radius 3 is 2.77 bits per heavy atom. The number of nitrogen functional groups attached to an aromatic ring is 1. The van der Waals surface area contributed by atoms with Crippen LogP contribution < -0.4 is 11.5 Å². The Morgan fingerprint density at radius 1 is 1.46 bits per heavy atom. The first kappa shape index (κ1) is 9.67. The molecule has 3 nitrogen and oxygen atoms in total. The van der Waals surface area contributed by atoms with Crippen molar-refractivity contribution >= 4 is 11.5 Å². The molecule has 4 heteroatoms. The molecule has 0 aromatic heterocycles. The van der Waals surface area contributed by atoms with E-state index in [1.807, 2.05) is 0 Å². The van der Waals surface area contributed by atoms with E-state index >= 15 is 0 Å². The molecule has 0 aliphatic carbocycles. The molecule has 0 atom stereocenters. The van der Waals surface area contributed by atoms with Gasteiger partial charge in [-0.25, -0.2) is 4.39 Å². The van der Waals surface area contributed by atoms with Crippen LogP contribution in [0, 0.1) is 5.82 Å². The van der Waals surface area contributed by atoms with Gasteiger partial charge in [-0.1, -0.05) is 6.07 Å². The fourth-order valence-corrected chi connectivity index (χ4v) is 1.05. The Hall–Kier alpha value is -1.42. The van der Waals surface area contributed by atoms with Crippen LogP contribution in [0.4, 0.5) is 10.1 Å². The number of hydrogen-bond acceptors (Lipinski definition) is 3. The topological polar surface area (TPSA) is 69.1 Å². The number of benzene rings is 1. The number of nitrogens with two attached hydrogens (primary N) is 2. The molecule has 0 bridgehead atoms. The van der Waals surface area contributed by atoms with Crippen LogP contribution in [0.15, 0.2) is 18.2 Å². The second-order valence-electron chi connectivity index (χ2n) is 2.66. The molecule has 1 aromatic rings. The van der Waals surface area contributed by atoms with E-state index < -0.39 is 5.82 Å². The van der Waals surface area contributed by atoms with Crippen molar-refractivity contribution in [3.05, 3.63) is 29.6 Å². The van der Waals surface area contributed by atoms with E-state index in [0.29, 0.717) is 0 Å². The Labute approximate surface area is 75.5 Å². The summed E-state index contributed by atoms with van der Waals surface area (Å²) in [5, 5.41) is 0. The van der Waals surface area contributed by atoms with Gasteiger partial charge in [-0.15, -0.1) is 0 Å². The smallest absolute Gasteiger partial charge is 0.166 e. The number of anilines is 1. The van der Waals surface area contributed by atoms with Gasteiger partial charge in [-0.05, 0) is 18.7 Å². The molecule has 70 valence electrons. The molecule has 0 saturated carbocycles. The van der Waals surface area contributed by atoms with Crippen molar-refractivity contribution in [2.45, 2.75) is 6.42 Å². The van der Waals surface area contributed by atoms with Crippen LogP contribution in [0.3, 0.4) is 0 Å². The van der Waals surface area contributed by atoms with Crippen molar-refractivity contribution in [3.8, 4) is 0 Å². The van der Waals surface area contributed by atoms with Gasteiger partial charge in [0.15, 0.2) is 5.78 Å². The number of Topliss-reactive ketones (excluding diaryl/α,β-unsaturated/α-hetero) is 1. The summed E-state index contributed by atoms with van der Waals surface area (Å²) in [5.41, 5.74) is 10.7. The summed E-state index contributed by atoms with van der Waals surface area (Å²) in [4.78, 5) is 11.3. The molecule has 0 spiro atoms. The highest BCUT2D eigenvalue weighted by atomic mass is 19.1. The summed E-state index contributed by atoms with van der Waals surface area (Å²) in [5.74, 6) is -0.789. The van der Waals surface area contributed by atoms with Gasteiger partial charge in [0.25, 0.3) is 0 Å². The molecule has 0 aliphatic rings. The molecular weight excluding hydrogens is 171 g/mol. The van der Waals surface area contributed by atoms with E-state index in [-0.39, 0.29) is 30.0 Å². The monoisotopic (exact) mass is 182 g/mol. The highest BCUT2D eigenvalue weighted by molar-refractivity contribution is 6.00. The van der Waals surface area contributed by atoms with Crippen LogP contribution in [-0.4, -0.2) is 12.3 Å². The number of carbonyl (C=O) groups excluding carboxylic acids is 1. The lowest BCUT2D eigenvalue weighted by Crippen LogP contribution is -2.10. The van der Waals surface area contributed by atoms with E-state index in [1.165, 1.54) is 18.2 Å². The summed E-state index contributed by atoms with van der Waals surface area (Å²) >= 11 is 0. The highest BCUT2D eigenvalue weighted by Crippen LogP contribution is 2.16. The van der Waals surface area contributed by atoms with Gasteiger partial charge < -0.3 is 11.5 Å². The molecule has 0 amide bonds. The Kier molecular flexibility index (Phi) is 2.97. The third-order valence-electron chi connectivity index (χ3n) is 1.72. The first-order valence-electron chi connectivity index (χ1n) is 3.94. The fourth-order valence-electron chi connectivity index (χ4n) is 1.05. The predicted octanol–water partition coefficient (Wildman–Crippen LogP) is 0.939. The normalized spacial score (nSPS) is 10.0. The average molecular weight is 182 g/mol. The molecule has 0 fully saturated rings. The largest absolute Gasteiger partial charge is 0.396 e. The molecule has 4 N–H and O–H groups in total. The minimum absolute atomic E-state index is 0.0963. The first-order chi connectivity index (χ1) is 6.16. The van der Waals surface area contributed by atoms with Gasteiger partial charge in [-0.2, -0.15) is 0 Å². The maximum absolute atomic E-state index is 12.9. The van der Waals surface area contributed by atoms with Crippen molar-refractivity contribution in [3.63, 3.8) is 0 Å². The summed E-state index contributed by atoms with van der Waals surface area (Å²) in [6.45, 7) is 0.245. The predicted molar refractivity (Wildman–Crippen MR) is 48.8 cm³/mol. The molecule has 0 saturated heterocycles. The highest BCUT2D eigenvalue weighted by Gasteiger charge is 2.10. The lowest BCUT2D eigenvalue weighted by molar-refractivity contribution is 0.0986. The third-order valence-corrected chi connectivity index (χ3v) is 1.72. The molecule has 0 radical (unpaired) electrons. The zero-order valence-corrected chi connectivity index (χ0v) is 7.09. The zero-order valence-electron chi connectivity index (χ0n) is 7.09. The number of para-hydroxylation sites is 1. The number of carbonyl (C=O) groups is 1. The van der Waals surface area contributed by atoms with Crippen LogP contribution in [0.25, 0.3) is 0 Å². The van der Waals surface area contributed by atoms with Crippen molar-refractivity contribution < 1.29 is 9.18 Å². The van der Waals surface area contributed by atoms with E-state index in [2.05, 4.69) is 0 Å². The van der Waals surface area contributed by atoms with E-state index in [0.717, 1.165) is 0 Å². The lowest BCUT2D eigenvalue weighted by Gasteiger charge is -2.03. The molecule has 1 rings (SSSR count). The van der Waals surface area contributed by atoms with Crippen LogP contribution in [0.1, 0.15) is 16.8 Å². The van der Waals surface area contributed by atoms with Gasteiger partial charge in [0.2, 0.25) is 0 Å².